The van der Waals surface area contributed by atoms with Gasteiger partial charge in [-0.2, -0.15) is 18.6 Å². The number of rotatable bonds is 3. The molecule has 0 aliphatic heterocycles. The summed E-state index contributed by atoms with van der Waals surface area (Å²) in [7, 11) is -4.18. The first-order valence-corrected chi connectivity index (χ1v) is 7.54. The van der Waals surface area contributed by atoms with Crippen LogP contribution in [0.3, 0.4) is 0 Å². The van der Waals surface area contributed by atoms with E-state index < -0.39 is 10.1 Å². The summed E-state index contributed by atoms with van der Waals surface area (Å²) >= 11 is 4.30. The van der Waals surface area contributed by atoms with E-state index in [2.05, 4.69) is 22.9 Å². The van der Waals surface area contributed by atoms with Crippen LogP contribution in [0.2, 0.25) is 0 Å². The largest absolute Gasteiger partial charge is 0.294 e. The van der Waals surface area contributed by atoms with E-state index in [4.69, 9.17) is 4.55 Å². The molecule has 5 nitrogen and oxygen atoms in total. The fraction of sp³-hybridized carbons (Fsp3) is 0.0769. The molecule has 2 rings (SSSR count). The topological polar surface area (TPSA) is 79.1 Å². The van der Waals surface area contributed by atoms with Gasteiger partial charge in [-0.25, -0.2) is 0 Å². The molecule has 0 unspecified atom stereocenters. The molecule has 20 heavy (non-hydrogen) atoms. The maximum absolute atomic E-state index is 10.9. The molecule has 0 saturated carbocycles. The highest BCUT2D eigenvalue weighted by Gasteiger charge is 2.07. The van der Waals surface area contributed by atoms with E-state index in [1.165, 1.54) is 24.3 Å². The molecule has 0 aliphatic carbocycles. The highest BCUT2D eigenvalue weighted by atomic mass is 32.2. The summed E-state index contributed by atoms with van der Waals surface area (Å²) in [6, 6.07) is 10.9. The first-order valence-electron chi connectivity index (χ1n) is 5.65. The Morgan fingerprint density at radius 1 is 1.00 bits per heavy atom. The first kappa shape index (κ1) is 14.7. The van der Waals surface area contributed by atoms with E-state index in [-0.39, 0.29) is 4.90 Å². The third kappa shape index (κ3) is 3.66. The molecule has 0 bridgehead atoms. The second kappa shape index (κ2) is 5.74. The fourth-order valence-electron chi connectivity index (χ4n) is 1.46. The third-order valence-electron chi connectivity index (χ3n) is 2.61. The highest BCUT2D eigenvalue weighted by molar-refractivity contribution is 7.85. The summed E-state index contributed by atoms with van der Waals surface area (Å²) in [5, 5.41) is 8.02. The summed E-state index contributed by atoms with van der Waals surface area (Å²) in [5.41, 5.74) is 2.18. The molecule has 2 aromatic carbocycles. The summed E-state index contributed by atoms with van der Waals surface area (Å²) in [4.78, 5) is 0.646. The first-order chi connectivity index (χ1) is 9.36. The lowest BCUT2D eigenvalue weighted by Crippen LogP contribution is -1.96. The van der Waals surface area contributed by atoms with Gasteiger partial charge in [-0.05, 0) is 48.9 Å². The molecule has 104 valence electrons. The van der Waals surface area contributed by atoms with Gasteiger partial charge in [-0.1, -0.05) is 6.07 Å². The van der Waals surface area contributed by atoms with Crippen molar-refractivity contribution in [2.45, 2.75) is 16.7 Å². The Labute approximate surface area is 122 Å². The number of nitrogens with zero attached hydrogens (tertiary/aromatic N) is 2. The van der Waals surface area contributed by atoms with Gasteiger partial charge in [0.25, 0.3) is 10.1 Å². The molecule has 0 fully saturated rings. The van der Waals surface area contributed by atoms with Crippen LogP contribution in [-0.4, -0.2) is 13.0 Å². The Balaban J connectivity index is 2.21. The normalized spacial score (nSPS) is 11.9. The van der Waals surface area contributed by atoms with Gasteiger partial charge < -0.3 is 0 Å². The van der Waals surface area contributed by atoms with Crippen molar-refractivity contribution in [2.75, 3.05) is 0 Å². The average molecular weight is 308 g/mol. The maximum Gasteiger partial charge on any atom is 0.294 e. The zero-order valence-corrected chi connectivity index (χ0v) is 12.3. The standard InChI is InChI=1S/C13H12N2O3S2/c1-9-2-3-11(8-13(9)19)15-14-10-4-6-12(7-5-10)20(16,17)18/h2-8,19H,1H3,(H,16,17,18). The van der Waals surface area contributed by atoms with Crippen LogP contribution in [0.5, 0.6) is 0 Å². The van der Waals surface area contributed by atoms with Gasteiger partial charge >= 0.3 is 0 Å². The van der Waals surface area contributed by atoms with Crippen LogP contribution in [0.4, 0.5) is 11.4 Å². The minimum atomic E-state index is -4.18. The van der Waals surface area contributed by atoms with Gasteiger partial charge in [0.2, 0.25) is 0 Å². The van der Waals surface area contributed by atoms with Gasteiger partial charge in [0.15, 0.2) is 0 Å². The number of aryl methyl sites for hydroxylation is 1. The molecule has 0 saturated heterocycles. The van der Waals surface area contributed by atoms with Crippen molar-refractivity contribution < 1.29 is 13.0 Å². The molecule has 0 aliphatic rings. The van der Waals surface area contributed by atoms with E-state index in [1.54, 1.807) is 6.07 Å². The second-order valence-corrected chi connectivity index (χ2v) is 6.04. The van der Waals surface area contributed by atoms with Gasteiger partial charge in [-0.15, -0.1) is 12.6 Å². The average Bonchev–Trinajstić information content (AvgIpc) is 2.40. The summed E-state index contributed by atoms with van der Waals surface area (Å²) in [5.74, 6) is 0. The van der Waals surface area contributed by atoms with Crippen LogP contribution in [0.15, 0.2) is 62.5 Å². The lowest BCUT2D eigenvalue weighted by atomic mass is 10.2. The summed E-state index contributed by atoms with van der Waals surface area (Å²) < 4.78 is 30.6. The molecular formula is C13H12N2O3S2. The zero-order valence-electron chi connectivity index (χ0n) is 10.6. The van der Waals surface area contributed by atoms with Crippen LogP contribution in [0.1, 0.15) is 5.56 Å². The van der Waals surface area contributed by atoms with E-state index in [0.717, 1.165) is 10.5 Å². The van der Waals surface area contributed by atoms with Crippen molar-refractivity contribution in [1.29, 1.82) is 0 Å². The zero-order chi connectivity index (χ0) is 14.8. The number of hydrogen-bond donors (Lipinski definition) is 2. The van der Waals surface area contributed by atoms with Crippen molar-refractivity contribution >= 4 is 34.1 Å². The molecule has 7 heteroatoms. The Morgan fingerprint density at radius 2 is 1.55 bits per heavy atom. The summed E-state index contributed by atoms with van der Waals surface area (Å²) in [6.45, 7) is 1.94. The van der Waals surface area contributed by atoms with E-state index in [1.807, 2.05) is 19.1 Å². The van der Waals surface area contributed by atoms with Crippen LogP contribution in [0, 0.1) is 6.92 Å². The van der Waals surface area contributed by atoms with Crippen molar-refractivity contribution in [3.8, 4) is 0 Å². The number of benzene rings is 2. The predicted molar refractivity (Wildman–Crippen MR) is 78.9 cm³/mol. The van der Waals surface area contributed by atoms with Crippen molar-refractivity contribution in [3.05, 3.63) is 48.0 Å². The highest BCUT2D eigenvalue weighted by Crippen LogP contribution is 2.23. The van der Waals surface area contributed by atoms with E-state index in [0.29, 0.717) is 11.4 Å². The molecule has 0 atom stereocenters. The maximum atomic E-state index is 10.9. The molecule has 2 aromatic rings. The lowest BCUT2D eigenvalue weighted by molar-refractivity contribution is 0.483. The van der Waals surface area contributed by atoms with E-state index in [9.17, 15) is 8.42 Å². The Bertz CT molecular complexity index is 754. The minimum absolute atomic E-state index is 0.176. The molecular weight excluding hydrogens is 296 g/mol. The SMILES string of the molecule is Cc1ccc(N=Nc2ccc(S(=O)(=O)O)cc2)cc1S. The molecule has 0 heterocycles. The monoisotopic (exact) mass is 308 g/mol. The van der Waals surface area contributed by atoms with Crippen molar-refractivity contribution in [2.24, 2.45) is 10.2 Å². The molecule has 1 N–H and O–H groups in total. The van der Waals surface area contributed by atoms with Gasteiger partial charge in [0.05, 0.1) is 16.3 Å². The minimum Gasteiger partial charge on any atom is -0.282 e. The molecule has 0 spiro atoms. The Morgan fingerprint density at radius 3 is 2.10 bits per heavy atom. The molecule has 0 aromatic heterocycles. The summed E-state index contributed by atoms with van der Waals surface area (Å²) in [6.07, 6.45) is 0. The van der Waals surface area contributed by atoms with Gasteiger partial charge in [-0.3, -0.25) is 4.55 Å². The smallest absolute Gasteiger partial charge is 0.282 e. The van der Waals surface area contributed by atoms with Crippen LogP contribution < -0.4 is 0 Å². The predicted octanol–water partition coefficient (Wildman–Crippen LogP) is 3.95. The Hall–Kier alpha value is -1.70. The quantitative estimate of drug-likeness (QED) is 0.512. The fourth-order valence-corrected chi connectivity index (χ4v) is 2.15. The van der Waals surface area contributed by atoms with Crippen LogP contribution in [0.25, 0.3) is 0 Å². The van der Waals surface area contributed by atoms with Crippen molar-refractivity contribution in [1.82, 2.24) is 0 Å². The molecule has 0 radical (unpaired) electrons. The van der Waals surface area contributed by atoms with Crippen LogP contribution >= 0.6 is 12.6 Å². The lowest BCUT2D eigenvalue weighted by Gasteiger charge is -1.99. The van der Waals surface area contributed by atoms with Gasteiger partial charge in [0, 0.05) is 4.90 Å². The van der Waals surface area contributed by atoms with Crippen LogP contribution in [-0.2, 0) is 10.1 Å². The third-order valence-corrected chi connectivity index (χ3v) is 3.96. The number of hydrogen-bond acceptors (Lipinski definition) is 5. The van der Waals surface area contributed by atoms with Crippen molar-refractivity contribution in [3.63, 3.8) is 0 Å². The number of thiol groups is 1. The van der Waals surface area contributed by atoms with Gasteiger partial charge in [0.1, 0.15) is 0 Å². The molecule has 0 amide bonds. The van der Waals surface area contributed by atoms with E-state index >= 15 is 0 Å². The Kier molecular flexibility index (Phi) is 4.22. The second-order valence-electron chi connectivity index (χ2n) is 4.14. The number of azo groups is 1.